The normalized spacial score (nSPS) is 20.6. The lowest BCUT2D eigenvalue weighted by atomic mass is 9.60. The van der Waals surface area contributed by atoms with Gasteiger partial charge in [0.15, 0.2) is 0 Å². The van der Waals surface area contributed by atoms with Crippen LogP contribution in [0.4, 0.5) is 0 Å². The zero-order valence-electron chi connectivity index (χ0n) is 20.5. The van der Waals surface area contributed by atoms with Gasteiger partial charge in [-0.3, -0.25) is 0 Å². The summed E-state index contributed by atoms with van der Waals surface area (Å²) in [4.78, 5) is 0. The molecule has 0 N–H and O–H groups in total. The van der Waals surface area contributed by atoms with Crippen LogP contribution in [-0.4, -0.2) is 0 Å². The van der Waals surface area contributed by atoms with Gasteiger partial charge in [-0.15, -0.1) is 0 Å². The Morgan fingerprint density at radius 2 is 1.03 bits per heavy atom. The van der Waals surface area contributed by atoms with E-state index in [1.54, 1.807) is 0 Å². The molecule has 0 nitrogen and oxygen atoms in total. The molecular formula is C29H42. The van der Waals surface area contributed by atoms with E-state index >= 15 is 0 Å². The standard InChI is InChI=1S/C29H42/c1-20-11-13-22(14-12-20)27(5,6)24-19-25(24)29(9,10)28(7,8)23-17-15-21(16-18-23)26(2,3)4/h11-18,24-25H,19H2,1-10H3. The summed E-state index contributed by atoms with van der Waals surface area (Å²) in [5, 5.41) is 0. The summed E-state index contributed by atoms with van der Waals surface area (Å²) in [6.07, 6.45) is 1.33. The number of hydrogen-bond donors (Lipinski definition) is 0. The van der Waals surface area contributed by atoms with Gasteiger partial charge < -0.3 is 0 Å². The quantitative estimate of drug-likeness (QED) is 0.482. The van der Waals surface area contributed by atoms with Crippen molar-refractivity contribution in [3.8, 4) is 0 Å². The number of aryl methyl sites for hydroxylation is 1. The molecule has 3 rings (SSSR count). The van der Waals surface area contributed by atoms with Gasteiger partial charge in [-0.1, -0.05) is 116 Å². The fourth-order valence-corrected chi connectivity index (χ4v) is 5.21. The van der Waals surface area contributed by atoms with Crippen LogP contribution in [0, 0.1) is 24.2 Å². The second-order valence-electron chi connectivity index (χ2n) is 12.2. The van der Waals surface area contributed by atoms with Gasteiger partial charge in [-0.05, 0) is 63.5 Å². The maximum atomic E-state index is 2.50. The van der Waals surface area contributed by atoms with Crippen molar-refractivity contribution in [2.75, 3.05) is 0 Å². The summed E-state index contributed by atoms with van der Waals surface area (Å²) in [5.41, 5.74) is 6.51. The number of hydrogen-bond acceptors (Lipinski definition) is 0. The molecule has 2 unspecified atom stereocenters. The molecule has 29 heavy (non-hydrogen) atoms. The zero-order valence-corrected chi connectivity index (χ0v) is 20.5. The number of benzene rings is 2. The Kier molecular flexibility index (Phi) is 5.34. The van der Waals surface area contributed by atoms with E-state index in [0.717, 1.165) is 11.8 Å². The Bertz CT molecular complexity index is 838. The highest BCUT2D eigenvalue weighted by Crippen LogP contribution is 2.64. The fraction of sp³-hybridized carbons (Fsp3) is 0.586. The molecule has 0 heterocycles. The molecule has 0 radical (unpaired) electrons. The van der Waals surface area contributed by atoms with Gasteiger partial charge in [-0.25, -0.2) is 0 Å². The van der Waals surface area contributed by atoms with Gasteiger partial charge in [0.25, 0.3) is 0 Å². The van der Waals surface area contributed by atoms with Crippen molar-refractivity contribution < 1.29 is 0 Å². The lowest BCUT2D eigenvalue weighted by Gasteiger charge is -2.44. The van der Waals surface area contributed by atoms with Crippen LogP contribution in [0.2, 0.25) is 0 Å². The third-order valence-electron chi connectivity index (χ3n) is 8.52. The molecule has 2 atom stereocenters. The largest absolute Gasteiger partial charge is 0.0590 e. The summed E-state index contributed by atoms with van der Waals surface area (Å²) < 4.78 is 0. The van der Waals surface area contributed by atoms with E-state index < -0.39 is 0 Å². The van der Waals surface area contributed by atoms with E-state index in [1.807, 2.05) is 0 Å². The van der Waals surface area contributed by atoms with Crippen LogP contribution in [0.25, 0.3) is 0 Å². The van der Waals surface area contributed by atoms with Crippen LogP contribution in [0.1, 0.15) is 91.0 Å². The van der Waals surface area contributed by atoms with Crippen LogP contribution in [0.5, 0.6) is 0 Å². The second kappa shape index (κ2) is 7.00. The summed E-state index contributed by atoms with van der Waals surface area (Å²) in [7, 11) is 0. The van der Waals surface area contributed by atoms with Crippen molar-refractivity contribution in [3.05, 3.63) is 70.8 Å². The Morgan fingerprint density at radius 3 is 1.52 bits per heavy atom. The molecule has 1 aliphatic rings. The van der Waals surface area contributed by atoms with Gasteiger partial charge >= 0.3 is 0 Å². The van der Waals surface area contributed by atoms with Crippen molar-refractivity contribution in [1.82, 2.24) is 0 Å². The predicted molar refractivity (Wildman–Crippen MR) is 128 cm³/mol. The van der Waals surface area contributed by atoms with Crippen LogP contribution in [0.15, 0.2) is 48.5 Å². The molecule has 1 aliphatic carbocycles. The Morgan fingerprint density at radius 1 is 0.586 bits per heavy atom. The second-order valence-corrected chi connectivity index (χ2v) is 12.2. The molecule has 2 aromatic carbocycles. The lowest BCUT2D eigenvalue weighted by molar-refractivity contribution is 0.142. The molecule has 1 fully saturated rings. The van der Waals surface area contributed by atoms with E-state index in [0.29, 0.717) is 0 Å². The summed E-state index contributed by atoms with van der Waals surface area (Å²) >= 11 is 0. The SMILES string of the molecule is Cc1ccc(C(C)(C)C2CC2C(C)(C)C(C)(C)c2ccc(C(C)(C)C)cc2)cc1. The molecule has 0 amide bonds. The molecule has 2 aromatic rings. The molecule has 0 aromatic heterocycles. The summed E-state index contributed by atoms with van der Waals surface area (Å²) in [5.74, 6) is 1.49. The van der Waals surface area contributed by atoms with Gasteiger partial charge in [0.2, 0.25) is 0 Å². The maximum absolute atomic E-state index is 2.50. The Hall–Kier alpha value is -1.56. The van der Waals surface area contributed by atoms with Crippen LogP contribution in [0.3, 0.4) is 0 Å². The van der Waals surface area contributed by atoms with Crippen LogP contribution < -0.4 is 0 Å². The molecule has 0 bridgehead atoms. The Balaban J connectivity index is 1.84. The highest BCUT2D eigenvalue weighted by Gasteiger charge is 2.58. The van der Waals surface area contributed by atoms with Crippen molar-refractivity contribution in [2.24, 2.45) is 17.3 Å². The third-order valence-corrected chi connectivity index (χ3v) is 8.52. The average Bonchev–Trinajstić information content (AvgIpc) is 3.43. The highest BCUT2D eigenvalue weighted by molar-refractivity contribution is 5.35. The smallest absolute Gasteiger partial charge is 0.00497 e. The van der Waals surface area contributed by atoms with E-state index in [2.05, 4.69) is 118 Å². The molecule has 0 saturated heterocycles. The predicted octanol–water partition coefficient (Wildman–Crippen LogP) is 8.21. The summed E-state index contributed by atoms with van der Waals surface area (Å²) in [6, 6.07) is 18.7. The van der Waals surface area contributed by atoms with Crippen molar-refractivity contribution in [3.63, 3.8) is 0 Å². The maximum Gasteiger partial charge on any atom is -0.00497 e. The first-order valence-corrected chi connectivity index (χ1v) is 11.4. The topological polar surface area (TPSA) is 0 Å². The van der Waals surface area contributed by atoms with Crippen LogP contribution >= 0.6 is 0 Å². The zero-order chi connectivity index (χ0) is 21.8. The minimum Gasteiger partial charge on any atom is -0.0590 e. The average molecular weight is 391 g/mol. The first-order chi connectivity index (χ1) is 13.2. The van der Waals surface area contributed by atoms with Gasteiger partial charge in [0, 0.05) is 0 Å². The summed E-state index contributed by atoms with van der Waals surface area (Å²) in [6.45, 7) is 23.8. The molecule has 0 aliphatic heterocycles. The van der Waals surface area contributed by atoms with Crippen molar-refractivity contribution in [2.45, 2.75) is 91.9 Å². The molecule has 0 heteroatoms. The third kappa shape index (κ3) is 3.92. The number of rotatable bonds is 5. The monoisotopic (exact) mass is 390 g/mol. The van der Waals surface area contributed by atoms with E-state index in [-0.39, 0.29) is 21.7 Å². The molecule has 1 saturated carbocycles. The Labute approximate surface area is 180 Å². The molecular weight excluding hydrogens is 348 g/mol. The van der Waals surface area contributed by atoms with Crippen LogP contribution in [-0.2, 0) is 16.2 Å². The minimum atomic E-state index is 0.131. The first kappa shape index (κ1) is 22.1. The highest BCUT2D eigenvalue weighted by atomic mass is 14.6. The van der Waals surface area contributed by atoms with Gasteiger partial charge in [0.1, 0.15) is 0 Å². The fourth-order valence-electron chi connectivity index (χ4n) is 5.21. The van der Waals surface area contributed by atoms with E-state index in [4.69, 9.17) is 0 Å². The van der Waals surface area contributed by atoms with E-state index in [1.165, 1.54) is 28.7 Å². The molecule has 0 spiro atoms. The van der Waals surface area contributed by atoms with Crippen molar-refractivity contribution in [1.29, 1.82) is 0 Å². The van der Waals surface area contributed by atoms with Gasteiger partial charge in [0.05, 0.1) is 0 Å². The van der Waals surface area contributed by atoms with E-state index in [9.17, 15) is 0 Å². The first-order valence-electron chi connectivity index (χ1n) is 11.4. The van der Waals surface area contributed by atoms with Crippen molar-refractivity contribution >= 4 is 0 Å². The lowest BCUT2D eigenvalue weighted by Crippen LogP contribution is -2.40. The minimum absolute atomic E-state index is 0.131. The molecule has 158 valence electrons. The van der Waals surface area contributed by atoms with Gasteiger partial charge in [-0.2, -0.15) is 0 Å².